The van der Waals surface area contributed by atoms with Crippen molar-refractivity contribution in [2.45, 2.75) is 47.1 Å². The zero-order valence-electron chi connectivity index (χ0n) is 8.40. The third kappa shape index (κ3) is 1.44. The van der Waals surface area contributed by atoms with Gasteiger partial charge in [0.1, 0.15) is 0 Å². The van der Waals surface area contributed by atoms with E-state index < -0.39 is 0 Å². The summed E-state index contributed by atoms with van der Waals surface area (Å²) in [5, 5.41) is 0. The van der Waals surface area contributed by atoms with Crippen molar-refractivity contribution in [1.29, 1.82) is 0 Å². The molecule has 66 valence electrons. The van der Waals surface area contributed by atoms with E-state index in [9.17, 15) is 0 Å². The lowest BCUT2D eigenvalue weighted by Crippen LogP contribution is -2.47. The van der Waals surface area contributed by atoms with E-state index in [0.717, 1.165) is 6.61 Å². The first kappa shape index (κ1) is 9.05. The minimum absolute atomic E-state index is 0.311. The van der Waals surface area contributed by atoms with Gasteiger partial charge >= 0.3 is 0 Å². The van der Waals surface area contributed by atoms with Gasteiger partial charge in [-0.3, -0.25) is 0 Å². The van der Waals surface area contributed by atoms with Crippen LogP contribution in [-0.2, 0) is 4.74 Å². The van der Waals surface area contributed by atoms with Crippen molar-refractivity contribution in [1.82, 2.24) is 0 Å². The van der Waals surface area contributed by atoms with Crippen molar-refractivity contribution >= 4 is 0 Å². The molecule has 1 fully saturated rings. The molecule has 0 unspecified atom stereocenters. The van der Waals surface area contributed by atoms with E-state index in [2.05, 4.69) is 34.6 Å². The van der Waals surface area contributed by atoms with Gasteiger partial charge in [0, 0.05) is 6.61 Å². The fourth-order valence-electron chi connectivity index (χ4n) is 1.29. The summed E-state index contributed by atoms with van der Waals surface area (Å²) >= 11 is 0. The van der Waals surface area contributed by atoms with Gasteiger partial charge in [0.15, 0.2) is 0 Å². The maximum absolute atomic E-state index is 5.52. The van der Waals surface area contributed by atoms with Gasteiger partial charge in [-0.25, -0.2) is 0 Å². The molecular formula is C10H20O. The standard InChI is InChI=1S/C10H20O/c1-9(2,3)10(4,5)8-6-7-11-8/h8H,6-7H2,1-5H3/t8-/m1/s1. The normalized spacial score (nSPS) is 26.5. The average Bonchev–Trinajstić information content (AvgIpc) is 1.53. The third-order valence-corrected chi connectivity index (χ3v) is 3.44. The molecule has 0 radical (unpaired) electrons. The molecule has 0 aromatic rings. The van der Waals surface area contributed by atoms with Gasteiger partial charge in [0.25, 0.3) is 0 Å². The van der Waals surface area contributed by atoms with E-state index in [0.29, 0.717) is 16.9 Å². The van der Waals surface area contributed by atoms with Crippen molar-refractivity contribution in [2.75, 3.05) is 6.61 Å². The highest BCUT2D eigenvalue weighted by Crippen LogP contribution is 2.45. The predicted molar refractivity (Wildman–Crippen MR) is 47.6 cm³/mol. The fraction of sp³-hybridized carbons (Fsp3) is 1.00. The highest BCUT2D eigenvalue weighted by Gasteiger charge is 2.43. The quantitative estimate of drug-likeness (QED) is 0.567. The van der Waals surface area contributed by atoms with Gasteiger partial charge in [0.05, 0.1) is 6.10 Å². The van der Waals surface area contributed by atoms with E-state index in [1.165, 1.54) is 6.42 Å². The summed E-state index contributed by atoms with van der Waals surface area (Å²) in [4.78, 5) is 0. The van der Waals surface area contributed by atoms with Crippen LogP contribution in [0.25, 0.3) is 0 Å². The molecule has 0 N–H and O–H groups in total. The van der Waals surface area contributed by atoms with Crippen LogP contribution in [0.15, 0.2) is 0 Å². The molecule has 1 saturated heterocycles. The molecule has 1 aliphatic rings. The Labute approximate surface area is 70.1 Å². The number of hydrogen-bond donors (Lipinski definition) is 0. The summed E-state index contributed by atoms with van der Waals surface area (Å²) in [6.45, 7) is 12.4. The van der Waals surface area contributed by atoms with Crippen LogP contribution >= 0.6 is 0 Å². The lowest BCUT2D eigenvalue weighted by atomic mass is 9.64. The van der Waals surface area contributed by atoms with Crippen molar-refractivity contribution in [3.8, 4) is 0 Å². The van der Waals surface area contributed by atoms with E-state index >= 15 is 0 Å². The third-order valence-electron chi connectivity index (χ3n) is 3.44. The summed E-state index contributed by atoms with van der Waals surface area (Å²) in [7, 11) is 0. The van der Waals surface area contributed by atoms with Crippen LogP contribution in [0.3, 0.4) is 0 Å². The molecule has 1 nitrogen and oxygen atoms in total. The van der Waals surface area contributed by atoms with Crippen molar-refractivity contribution < 1.29 is 4.74 Å². The molecule has 0 aromatic heterocycles. The minimum atomic E-state index is 0.311. The van der Waals surface area contributed by atoms with Gasteiger partial charge in [0.2, 0.25) is 0 Å². The first-order valence-electron chi connectivity index (χ1n) is 4.47. The van der Waals surface area contributed by atoms with E-state index in [1.54, 1.807) is 0 Å². The summed E-state index contributed by atoms with van der Waals surface area (Å²) in [6, 6.07) is 0. The monoisotopic (exact) mass is 156 g/mol. The van der Waals surface area contributed by atoms with Crippen molar-refractivity contribution in [3.05, 3.63) is 0 Å². The largest absolute Gasteiger partial charge is 0.377 e. The lowest BCUT2D eigenvalue weighted by molar-refractivity contribution is -0.149. The summed E-state index contributed by atoms with van der Waals surface area (Å²) in [6.07, 6.45) is 1.73. The Kier molecular flexibility index (Phi) is 2.04. The lowest BCUT2D eigenvalue weighted by Gasteiger charge is -2.48. The molecule has 11 heavy (non-hydrogen) atoms. The molecule has 1 heteroatoms. The average molecular weight is 156 g/mol. The second-order valence-corrected chi connectivity index (χ2v) is 5.12. The molecule has 1 rings (SSSR count). The SMILES string of the molecule is CC(C)(C)C(C)(C)[C@H]1CCO1. The zero-order chi connectivity index (χ0) is 8.70. The fourth-order valence-corrected chi connectivity index (χ4v) is 1.29. The van der Waals surface area contributed by atoms with Crippen LogP contribution < -0.4 is 0 Å². The second kappa shape index (κ2) is 2.48. The zero-order valence-corrected chi connectivity index (χ0v) is 8.40. The van der Waals surface area contributed by atoms with Crippen molar-refractivity contribution in [2.24, 2.45) is 10.8 Å². The Bertz CT molecular complexity index is 137. The molecule has 0 aromatic carbocycles. The minimum Gasteiger partial charge on any atom is -0.377 e. The summed E-state index contributed by atoms with van der Waals surface area (Å²) in [5.74, 6) is 0. The van der Waals surface area contributed by atoms with Gasteiger partial charge in [-0.15, -0.1) is 0 Å². The molecule has 1 aliphatic heterocycles. The molecule has 0 bridgehead atoms. The van der Waals surface area contributed by atoms with Crippen LogP contribution in [-0.4, -0.2) is 12.7 Å². The molecule has 1 atom stereocenters. The Hall–Kier alpha value is -0.0400. The Morgan fingerprint density at radius 1 is 1.09 bits per heavy atom. The molecule has 1 heterocycles. The van der Waals surface area contributed by atoms with E-state index in [-0.39, 0.29) is 0 Å². The highest BCUT2D eigenvalue weighted by molar-refractivity contribution is 4.92. The topological polar surface area (TPSA) is 9.23 Å². The van der Waals surface area contributed by atoms with E-state index in [1.807, 2.05) is 0 Å². The molecular weight excluding hydrogens is 136 g/mol. The van der Waals surface area contributed by atoms with Gasteiger partial charge < -0.3 is 4.74 Å². The van der Waals surface area contributed by atoms with Crippen LogP contribution in [0.5, 0.6) is 0 Å². The predicted octanol–water partition coefficient (Wildman–Crippen LogP) is 2.85. The maximum Gasteiger partial charge on any atom is 0.0652 e. The first-order valence-corrected chi connectivity index (χ1v) is 4.47. The van der Waals surface area contributed by atoms with Crippen LogP contribution in [0.1, 0.15) is 41.0 Å². The van der Waals surface area contributed by atoms with Crippen molar-refractivity contribution in [3.63, 3.8) is 0 Å². The Morgan fingerprint density at radius 2 is 1.55 bits per heavy atom. The molecule has 0 amide bonds. The first-order chi connectivity index (χ1) is 4.86. The van der Waals surface area contributed by atoms with Crippen LogP contribution in [0, 0.1) is 10.8 Å². The summed E-state index contributed by atoms with van der Waals surface area (Å²) < 4.78 is 5.52. The smallest absolute Gasteiger partial charge is 0.0652 e. The van der Waals surface area contributed by atoms with Gasteiger partial charge in [-0.1, -0.05) is 34.6 Å². The molecule has 0 spiro atoms. The van der Waals surface area contributed by atoms with Gasteiger partial charge in [-0.05, 0) is 17.3 Å². The number of ether oxygens (including phenoxy) is 1. The van der Waals surface area contributed by atoms with Gasteiger partial charge in [-0.2, -0.15) is 0 Å². The van der Waals surface area contributed by atoms with Crippen LogP contribution in [0.4, 0.5) is 0 Å². The summed E-state index contributed by atoms with van der Waals surface area (Å²) in [5.41, 5.74) is 0.656. The highest BCUT2D eigenvalue weighted by atomic mass is 16.5. The maximum atomic E-state index is 5.52. The second-order valence-electron chi connectivity index (χ2n) is 5.12. The number of hydrogen-bond acceptors (Lipinski definition) is 1. The Morgan fingerprint density at radius 3 is 1.64 bits per heavy atom. The van der Waals surface area contributed by atoms with E-state index in [4.69, 9.17) is 4.74 Å². The van der Waals surface area contributed by atoms with Crippen LogP contribution in [0.2, 0.25) is 0 Å². The molecule has 0 saturated carbocycles. The number of rotatable bonds is 1. The molecule has 0 aliphatic carbocycles. The Balaban J connectivity index is 2.64.